The zero-order chi connectivity index (χ0) is 11.1. The minimum absolute atomic E-state index is 0.0000463. The maximum atomic E-state index is 11.7. The van der Waals surface area contributed by atoms with Crippen LogP contribution >= 0.6 is 0 Å². The zero-order valence-corrected chi connectivity index (χ0v) is 10.1. The van der Waals surface area contributed by atoms with Crippen LogP contribution in [0.3, 0.4) is 0 Å². The molecule has 2 nitrogen and oxygen atoms in total. The molecule has 2 saturated carbocycles. The van der Waals surface area contributed by atoms with Gasteiger partial charge in [0, 0.05) is 6.42 Å². The van der Waals surface area contributed by atoms with Gasteiger partial charge in [-0.15, -0.1) is 0 Å². The molecular formula is C13H22O2. The summed E-state index contributed by atoms with van der Waals surface area (Å²) >= 11 is 0. The van der Waals surface area contributed by atoms with Crippen molar-refractivity contribution in [3.8, 4) is 0 Å². The van der Waals surface area contributed by atoms with Crippen LogP contribution in [0, 0.1) is 17.8 Å². The lowest BCUT2D eigenvalue weighted by molar-refractivity contribution is -0.156. The van der Waals surface area contributed by atoms with Gasteiger partial charge in [0.15, 0.2) is 0 Å². The molecule has 0 N–H and O–H groups in total. The molecule has 15 heavy (non-hydrogen) atoms. The van der Waals surface area contributed by atoms with Crippen LogP contribution in [0.2, 0.25) is 0 Å². The molecular weight excluding hydrogens is 188 g/mol. The number of ether oxygens (including phenoxy) is 1. The third kappa shape index (κ3) is 2.73. The number of hydrogen-bond acceptors (Lipinski definition) is 2. The average molecular weight is 210 g/mol. The van der Waals surface area contributed by atoms with Gasteiger partial charge < -0.3 is 4.74 Å². The molecule has 3 atom stereocenters. The van der Waals surface area contributed by atoms with E-state index in [1.807, 2.05) is 20.8 Å². The summed E-state index contributed by atoms with van der Waals surface area (Å²) in [4.78, 5) is 11.7. The van der Waals surface area contributed by atoms with Gasteiger partial charge in [-0.3, -0.25) is 4.79 Å². The lowest BCUT2D eigenvalue weighted by atomic mass is 9.86. The minimum Gasteiger partial charge on any atom is -0.460 e. The number of carbonyl (C=O) groups excluding carboxylic acids is 1. The standard InChI is InChI=1S/C13H22O2/c1-13(2,3)15-12(14)8-11-7-9-4-5-10(11)6-9/h9-11H,4-8H2,1-3H3. The van der Waals surface area contributed by atoms with E-state index in [0.29, 0.717) is 12.3 Å². The third-order valence-corrected chi connectivity index (χ3v) is 3.73. The van der Waals surface area contributed by atoms with Crippen molar-refractivity contribution < 1.29 is 9.53 Å². The van der Waals surface area contributed by atoms with E-state index in [0.717, 1.165) is 11.8 Å². The van der Waals surface area contributed by atoms with E-state index in [1.54, 1.807) is 0 Å². The van der Waals surface area contributed by atoms with Crippen molar-refractivity contribution in [2.75, 3.05) is 0 Å². The molecule has 0 aliphatic heterocycles. The molecule has 0 aromatic heterocycles. The van der Waals surface area contributed by atoms with Crippen molar-refractivity contribution >= 4 is 5.97 Å². The molecule has 2 heteroatoms. The summed E-state index contributed by atoms with van der Waals surface area (Å²) in [6, 6.07) is 0. The van der Waals surface area contributed by atoms with Crippen LogP contribution in [-0.2, 0) is 9.53 Å². The third-order valence-electron chi connectivity index (χ3n) is 3.73. The normalized spacial score (nSPS) is 34.5. The monoisotopic (exact) mass is 210 g/mol. The largest absolute Gasteiger partial charge is 0.460 e. The first kappa shape index (κ1) is 11.0. The van der Waals surface area contributed by atoms with Crippen molar-refractivity contribution in [2.24, 2.45) is 17.8 Å². The Labute approximate surface area is 92.4 Å². The van der Waals surface area contributed by atoms with E-state index >= 15 is 0 Å². The van der Waals surface area contributed by atoms with E-state index < -0.39 is 0 Å². The van der Waals surface area contributed by atoms with Crippen LogP contribution in [0.5, 0.6) is 0 Å². The molecule has 2 bridgehead atoms. The van der Waals surface area contributed by atoms with E-state index in [4.69, 9.17) is 4.74 Å². The first-order chi connectivity index (χ1) is 6.94. The summed E-state index contributed by atoms with van der Waals surface area (Å²) in [6.45, 7) is 5.81. The van der Waals surface area contributed by atoms with Crippen LogP contribution in [0.15, 0.2) is 0 Å². The SMILES string of the molecule is CC(C)(C)OC(=O)CC1CC2CCC1C2. The second kappa shape index (κ2) is 3.80. The Balaban J connectivity index is 1.80. The maximum Gasteiger partial charge on any atom is 0.306 e. The summed E-state index contributed by atoms with van der Waals surface area (Å²) in [5.41, 5.74) is -0.325. The van der Waals surface area contributed by atoms with E-state index in [-0.39, 0.29) is 11.6 Å². The number of esters is 1. The highest BCUT2D eigenvalue weighted by molar-refractivity contribution is 5.70. The van der Waals surface area contributed by atoms with Gasteiger partial charge in [0.25, 0.3) is 0 Å². The van der Waals surface area contributed by atoms with Crippen LogP contribution in [0.25, 0.3) is 0 Å². The van der Waals surface area contributed by atoms with Gasteiger partial charge in [-0.05, 0) is 57.8 Å². The summed E-state index contributed by atoms with van der Waals surface area (Å²) in [5.74, 6) is 2.36. The molecule has 2 aliphatic carbocycles. The lowest BCUT2D eigenvalue weighted by Crippen LogP contribution is -2.26. The highest BCUT2D eigenvalue weighted by Crippen LogP contribution is 2.49. The Hall–Kier alpha value is -0.530. The first-order valence-corrected chi connectivity index (χ1v) is 6.16. The first-order valence-electron chi connectivity index (χ1n) is 6.16. The van der Waals surface area contributed by atoms with E-state index in [1.165, 1.54) is 25.7 Å². The Kier molecular flexibility index (Phi) is 2.78. The predicted octanol–water partition coefficient (Wildman–Crippen LogP) is 3.15. The Morgan fingerprint density at radius 3 is 2.47 bits per heavy atom. The Morgan fingerprint density at radius 1 is 1.27 bits per heavy atom. The van der Waals surface area contributed by atoms with Gasteiger partial charge in [-0.25, -0.2) is 0 Å². The minimum atomic E-state index is -0.325. The highest BCUT2D eigenvalue weighted by Gasteiger charge is 2.40. The van der Waals surface area contributed by atoms with Crippen LogP contribution in [0.4, 0.5) is 0 Å². The smallest absolute Gasteiger partial charge is 0.306 e. The molecule has 0 heterocycles. The van der Waals surface area contributed by atoms with Crippen molar-refractivity contribution in [1.29, 1.82) is 0 Å². The van der Waals surface area contributed by atoms with Gasteiger partial charge in [-0.1, -0.05) is 6.42 Å². The van der Waals surface area contributed by atoms with Crippen LogP contribution < -0.4 is 0 Å². The average Bonchev–Trinajstić information content (AvgIpc) is 2.60. The number of hydrogen-bond donors (Lipinski definition) is 0. The van der Waals surface area contributed by atoms with Gasteiger partial charge >= 0.3 is 5.97 Å². The Morgan fingerprint density at radius 2 is 2.00 bits per heavy atom. The summed E-state index contributed by atoms with van der Waals surface area (Å²) in [7, 11) is 0. The molecule has 0 spiro atoms. The van der Waals surface area contributed by atoms with Gasteiger partial charge in [-0.2, -0.15) is 0 Å². The molecule has 0 amide bonds. The Bertz CT molecular complexity index is 252. The maximum absolute atomic E-state index is 11.7. The van der Waals surface area contributed by atoms with Gasteiger partial charge in [0.05, 0.1) is 0 Å². The van der Waals surface area contributed by atoms with E-state index in [2.05, 4.69) is 0 Å². The summed E-state index contributed by atoms with van der Waals surface area (Å²) < 4.78 is 5.37. The fraction of sp³-hybridized carbons (Fsp3) is 0.923. The zero-order valence-electron chi connectivity index (χ0n) is 10.1. The molecule has 2 aliphatic rings. The van der Waals surface area contributed by atoms with Crippen LogP contribution in [-0.4, -0.2) is 11.6 Å². The molecule has 2 fully saturated rings. The van der Waals surface area contributed by atoms with Crippen molar-refractivity contribution in [3.63, 3.8) is 0 Å². The predicted molar refractivity (Wildman–Crippen MR) is 59.4 cm³/mol. The number of rotatable bonds is 2. The van der Waals surface area contributed by atoms with Crippen molar-refractivity contribution in [2.45, 2.75) is 58.5 Å². The second-order valence-electron chi connectivity index (χ2n) is 6.23. The number of carbonyl (C=O) groups is 1. The molecule has 0 aromatic rings. The van der Waals surface area contributed by atoms with Gasteiger partial charge in [0.1, 0.15) is 5.60 Å². The second-order valence-corrected chi connectivity index (χ2v) is 6.23. The molecule has 0 radical (unpaired) electrons. The van der Waals surface area contributed by atoms with Crippen molar-refractivity contribution in [1.82, 2.24) is 0 Å². The molecule has 0 saturated heterocycles. The lowest BCUT2D eigenvalue weighted by Gasteiger charge is -2.24. The number of fused-ring (bicyclic) bond motifs is 2. The molecule has 2 rings (SSSR count). The molecule has 3 unspecified atom stereocenters. The molecule has 86 valence electrons. The fourth-order valence-corrected chi connectivity index (χ4v) is 3.22. The summed E-state index contributed by atoms with van der Waals surface area (Å²) in [6.07, 6.45) is 6.03. The quantitative estimate of drug-likeness (QED) is 0.654. The van der Waals surface area contributed by atoms with Crippen LogP contribution in [0.1, 0.15) is 52.9 Å². The highest BCUT2D eigenvalue weighted by atomic mass is 16.6. The fourth-order valence-electron chi connectivity index (χ4n) is 3.22. The van der Waals surface area contributed by atoms with E-state index in [9.17, 15) is 4.79 Å². The van der Waals surface area contributed by atoms with Crippen molar-refractivity contribution in [3.05, 3.63) is 0 Å². The molecule has 0 aromatic carbocycles. The topological polar surface area (TPSA) is 26.3 Å². The summed E-state index contributed by atoms with van der Waals surface area (Å²) in [5, 5.41) is 0. The van der Waals surface area contributed by atoms with Gasteiger partial charge in [0.2, 0.25) is 0 Å².